The maximum absolute atomic E-state index is 13.0. The Kier molecular flexibility index (Phi) is 5.98. The first-order valence-electron chi connectivity index (χ1n) is 7.49. The largest absolute Gasteiger partial charge is 0.416 e. The Hall–Kier alpha value is -2.34. The summed E-state index contributed by atoms with van der Waals surface area (Å²) in [6, 6.07) is 14.2. The number of carbonyl (C=O) groups is 1. The SMILES string of the molecule is O=C(Cc1ccccc1C(F)(F)F)N(CCO)Cc1ccccc1. The molecule has 0 aliphatic heterocycles. The van der Waals surface area contributed by atoms with E-state index in [0.717, 1.165) is 11.6 Å². The lowest BCUT2D eigenvalue weighted by atomic mass is 10.0. The molecule has 1 N–H and O–H groups in total. The smallest absolute Gasteiger partial charge is 0.395 e. The van der Waals surface area contributed by atoms with Gasteiger partial charge in [-0.2, -0.15) is 13.2 Å². The van der Waals surface area contributed by atoms with E-state index in [1.807, 2.05) is 30.3 Å². The summed E-state index contributed by atoms with van der Waals surface area (Å²) in [6.07, 6.45) is -4.86. The first kappa shape index (κ1) is 18.0. The third-order valence-corrected chi connectivity index (χ3v) is 3.60. The van der Waals surface area contributed by atoms with Gasteiger partial charge in [0, 0.05) is 13.1 Å². The van der Waals surface area contributed by atoms with E-state index in [-0.39, 0.29) is 31.7 Å². The molecule has 0 aliphatic carbocycles. The molecule has 0 atom stereocenters. The molecule has 0 saturated heterocycles. The van der Waals surface area contributed by atoms with E-state index >= 15 is 0 Å². The van der Waals surface area contributed by atoms with Gasteiger partial charge in [0.2, 0.25) is 5.91 Å². The van der Waals surface area contributed by atoms with Crippen molar-refractivity contribution in [1.29, 1.82) is 0 Å². The van der Waals surface area contributed by atoms with Gasteiger partial charge in [-0.05, 0) is 17.2 Å². The van der Waals surface area contributed by atoms with Crippen LogP contribution in [0.3, 0.4) is 0 Å². The van der Waals surface area contributed by atoms with Crippen LogP contribution in [0.25, 0.3) is 0 Å². The van der Waals surface area contributed by atoms with Gasteiger partial charge in [0.25, 0.3) is 0 Å². The molecule has 2 aromatic rings. The molecule has 6 heteroatoms. The summed E-state index contributed by atoms with van der Waals surface area (Å²) in [6.45, 7) is 0.0653. The average molecular weight is 337 g/mol. The Morgan fingerprint density at radius 2 is 1.62 bits per heavy atom. The molecule has 0 aromatic heterocycles. The maximum atomic E-state index is 13.0. The zero-order chi connectivity index (χ0) is 17.6. The Balaban J connectivity index is 2.17. The summed E-state index contributed by atoms with van der Waals surface area (Å²) in [7, 11) is 0. The van der Waals surface area contributed by atoms with Crippen LogP contribution in [0.2, 0.25) is 0 Å². The fraction of sp³-hybridized carbons (Fsp3) is 0.278. The number of nitrogens with zero attached hydrogens (tertiary/aromatic N) is 1. The van der Waals surface area contributed by atoms with Crippen molar-refractivity contribution in [3.05, 3.63) is 71.3 Å². The standard InChI is InChI=1S/C18H18F3NO2/c19-18(20,21)16-9-5-4-8-15(16)12-17(24)22(10-11-23)13-14-6-2-1-3-7-14/h1-9,23H,10-13H2. The van der Waals surface area contributed by atoms with Crippen molar-refractivity contribution >= 4 is 5.91 Å². The molecule has 1 amide bonds. The molecule has 0 fully saturated rings. The fourth-order valence-electron chi connectivity index (χ4n) is 2.44. The van der Waals surface area contributed by atoms with Gasteiger partial charge in [0.1, 0.15) is 0 Å². The van der Waals surface area contributed by atoms with E-state index in [0.29, 0.717) is 0 Å². The number of alkyl halides is 3. The quantitative estimate of drug-likeness (QED) is 0.879. The summed E-state index contributed by atoms with van der Waals surface area (Å²) in [5.41, 5.74) is -0.0172. The number of amides is 1. The van der Waals surface area contributed by atoms with Crippen LogP contribution in [0.4, 0.5) is 13.2 Å². The molecule has 0 unspecified atom stereocenters. The van der Waals surface area contributed by atoms with Gasteiger partial charge in [-0.1, -0.05) is 48.5 Å². The van der Waals surface area contributed by atoms with Crippen LogP contribution in [0.5, 0.6) is 0 Å². The summed E-state index contributed by atoms with van der Waals surface area (Å²) < 4.78 is 39.1. The van der Waals surface area contributed by atoms with Crippen molar-refractivity contribution in [3.63, 3.8) is 0 Å². The molecule has 3 nitrogen and oxygen atoms in total. The first-order valence-corrected chi connectivity index (χ1v) is 7.49. The van der Waals surface area contributed by atoms with Crippen LogP contribution in [0, 0.1) is 0 Å². The van der Waals surface area contributed by atoms with E-state index in [9.17, 15) is 18.0 Å². The molecular weight excluding hydrogens is 319 g/mol. The lowest BCUT2D eigenvalue weighted by molar-refractivity contribution is -0.138. The lowest BCUT2D eigenvalue weighted by Crippen LogP contribution is -2.34. The highest BCUT2D eigenvalue weighted by atomic mass is 19.4. The Bertz CT molecular complexity index is 671. The predicted molar refractivity (Wildman–Crippen MR) is 84.1 cm³/mol. The van der Waals surface area contributed by atoms with Crippen LogP contribution in [-0.2, 0) is 23.9 Å². The van der Waals surface area contributed by atoms with Crippen LogP contribution in [0.15, 0.2) is 54.6 Å². The molecule has 0 spiro atoms. The highest BCUT2D eigenvalue weighted by molar-refractivity contribution is 5.79. The first-order chi connectivity index (χ1) is 11.4. The van der Waals surface area contributed by atoms with E-state index < -0.39 is 17.6 Å². The zero-order valence-electron chi connectivity index (χ0n) is 13.0. The number of benzene rings is 2. The summed E-state index contributed by atoms with van der Waals surface area (Å²) in [5, 5.41) is 9.14. The second kappa shape index (κ2) is 7.97. The number of aliphatic hydroxyl groups is 1. The number of hydrogen-bond acceptors (Lipinski definition) is 2. The van der Waals surface area contributed by atoms with E-state index in [1.165, 1.54) is 23.1 Å². The van der Waals surface area contributed by atoms with Gasteiger partial charge in [-0.3, -0.25) is 4.79 Å². The Labute approximate surface area is 138 Å². The van der Waals surface area contributed by atoms with Gasteiger partial charge in [-0.15, -0.1) is 0 Å². The van der Waals surface area contributed by atoms with Gasteiger partial charge >= 0.3 is 6.18 Å². The Morgan fingerprint density at radius 1 is 1.00 bits per heavy atom. The molecule has 2 aromatic carbocycles. The second-order valence-corrected chi connectivity index (χ2v) is 5.36. The monoisotopic (exact) mass is 337 g/mol. The van der Waals surface area contributed by atoms with Crippen molar-refractivity contribution in [2.24, 2.45) is 0 Å². The highest BCUT2D eigenvalue weighted by Gasteiger charge is 2.33. The van der Waals surface area contributed by atoms with Crippen molar-refractivity contribution in [2.75, 3.05) is 13.2 Å². The van der Waals surface area contributed by atoms with E-state index in [4.69, 9.17) is 5.11 Å². The van der Waals surface area contributed by atoms with Crippen LogP contribution >= 0.6 is 0 Å². The van der Waals surface area contributed by atoms with Crippen molar-refractivity contribution < 1.29 is 23.1 Å². The number of carbonyl (C=O) groups excluding carboxylic acids is 1. The summed E-state index contributed by atoms with van der Waals surface area (Å²) in [4.78, 5) is 13.8. The van der Waals surface area contributed by atoms with Crippen molar-refractivity contribution in [2.45, 2.75) is 19.1 Å². The Morgan fingerprint density at radius 3 is 2.25 bits per heavy atom. The second-order valence-electron chi connectivity index (χ2n) is 5.36. The molecule has 0 bridgehead atoms. The zero-order valence-corrected chi connectivity index (χ0v) is 13.0. The molecule has 0 heterocycles. The van der Waals surface area contributed by atoms with E-state index in [1.54, 1.807) is 0 Å². The number of aliphatic hydroxyl groups excluding tert-OH is 1. The minimum Gasteiger partial charge on any atom is -0.395 e. The van der Waals surface area contributed by atoms with Gasteiger partial charge in [0.05, 0.1) is 18.6 Å². The third-order valence-electron chi connectivity index (χ3n) is 3.60. The molecular formula is C18H18F3NO2. The van der Waals surface area contributed by atoms with E-state index in [2.05, 4.69) is 0 Å². The number of hydrogen-bond donors (Lipinski definition) is 1. The normalized spacial score (nSPS) is 11.3. The highest BCUT2D eigenvalue weighted by Crippen LogP contribution is 2.32. The summed E-state index contributed by atoms with van der Waals surface area (Å²) >= 11 is 0. The third kappa shape index (κ3) is 4.83. The average Bonchev–Trinajstić information content (AvgIpc) is 2.55. The van der Waals surface area contributed by atoms with Crippen LogP contribution in [-0.4, -0.2) is 29.1 Å². The maximum Gasteiger partial charge on any atom is 0.416 e. The van der Waals surface area contributed by atoms with Gasteiger partial charge in [0.15, 0.2) is 0 Å². The van der Waals surface area contributed by atoms with Crippen LogP contribution in [0.1, 0.15) is 16.7 Å². The van der Waals surface area contributed by atoms with Crippen molar-refractivity contribution in [1.82, 2.24) is 4.90 Å². The van der Waals surface area contributed by atoms with Gasteiger partial charge < -0.3 is 10.0 Å². The van der Waals surface area contributed by atoms with Crippen molar-refractivity contribution in [3.8, 4) is 0 Å². The minimum atomic E-state index is -4.50. The molecule has 128 valence electrons. The minimum absolute atomic E-state index is 0.0639. The number of rotatable bonds is 6. The molecule has 0 aliphatic rings. The fourth-order valence-corrected chi connectivity index (χ4v) is 2.44. The molecule has 0 radical (unpaired) electrons. The van der Waals surface area contributed by atoms with Crippen LogP contribution < -0.4 is 0 Å². The topological polar surface area (TPSA) is 40.5 Å². The van der Waals surface area contributed by atoms with Gasteiger partial charge in [-0.25, -0.2) is 0 Å². The molecule has 24 heavy (non-hydrogen) atoms. The molecule has 2 rings (SSSR count). The summed E-state index contributed by atoms with van der Waals surface area (Å²) in [5.74, 6) is -0.454. The molecule has 0 saturated carbocycles. The lowest BCUT2D eigenvalue weighted by Gasteiger charge is -2.23. The predicted octanol–water partition coefficient (Wildman–Crippen LogP) is 3.27. The number of halogens is 3.